The number of ketones is 1. The third-order valence-electron chi connectivity index (χ3n) is 3.08. The van der Waals surface area contributed by atoms with E-state index in [9.17, 15) is 46.0 Å². The van der Waals surface area contributed by atoms with Crippen molar-refractivity contribution in [1.29, 1.82) is 0 Å². The van der Waals surface area contributed by atoms with Crippen molar-refractivity contribution < 1.29 is 46.1 Å². The Morgan fingerprint density at radius 1 is 1.12 bits per heavy atom. The molecule has 0 unspecified atom stereocenters. The number of rotatable bonds is 1. The maximum atomic E-state index is 13.2. The van der Waals surface area contributed by atoms with E-state index in [1.165, 1.54) is 5.32 Å². The number of oxime groups is 1. The van der Waals surface area contributed by atoms with Gasteiger partial charge in [-0.05, 0) is 6.07 Å². The van der Waals surface area contributed by atoms with Crippen molar-refractivity contribution in [2.75, 3.05) is 5.32 Å². The van der Waals surface area contributed by atoms with Crippen LogP contribution in [0.15, 0.2) is 11.2 Å². The Hall–Kier alpha value is -3.19. The molecule has 8 nitrogen and oxygen atoms in total. The van der Waals surface area contributed by atoms with Gasteiger partial charge in [-0.3, -0.25) is 19.7 Å². The summed E-state index contributed by atoms with van der Waals surface area (Å²) in [6.07, 6.45) is -11.3. The Bertz CT molecular complexity index is 842. The predicted octanol–water partition coefficient (Wildman–Crippen LogP) is 2.60. The number of hydrogen-bond donors (Lipinski definition) is 2. The van der Waals surface area contributed by atoms with Gasteiger partial charge in [0.25, 0.3) is 11.6 Å². The van der Waals surface area contributed by atoms with Gasteiger partial charge in [-0.25, -0.2) is 0 Å². The van der Waals surface area contributed by atoms with E-state index < -0.39 is 62.7 Å². The Labute approximate surface area is 131 Å². The van der Waals surface area contributed by atoms with Crippen LogP contribution in [0.1, 0.15) is 21.5 Å². The van der Waals surface area contributed by atoms with Crippen molar-refractivity contribution in [1.82, 2.24) is 0 Å². The maximum absolute atomic E-state index is 13.2. The number of alkyl halides is 6. The van der Waals surface area contributed by atoms with Crippen molar-refractivity contribution in [3.8, 4) is 0 Å². The number of nitrogens with zero attached hydrogens (tertiary/aromatic N) is 2. The quantitative estimate of drug-likeness (QED) is 0.340. The number of nitrogens with one attached hydrogen (secondary N) is 1. The highest BCUT2D eigenvalue weighted by Gasteiger charge is 2.52. The highest BCUT2D eigenvalue weighted by molar-refractivity contribution is 6.72. The summed E-state index contributed by atoms with van der Waals surface area (Å²) in [5.41, 5.74) is -11.5. The lowest BCUT2D eigenvalue weighted by Crippen LogP contribution is -2.38. The van der Waals surface area contributed by atoms with Gasteiger partial charge in [0, 0.05) is 0 Å². The zero-order valence-corrected chi connectivity index (χ0v) is 11.3. The molecule has 14 heteroatoms. The second-order valence-electron chi connectivity index (χ2n) is 4.55. The molecule has 2 rings (SSSR count). The zero-order valence-electron chi connectivity index (χ0n) is 11.3. The van der Waals surface area contributed by atoms with Gasteiger partial charge in [0.1, 0.15) is 11.1 Å². The minimum Gasteiger partial charge on any atom is -0.410 e. The van der Waals surface area contributed by atoms with Crippen LogP contribution in [0, 0.1) is 10.1 Å². The molecule has 25 heavy (non-hydrogen) atoms. The number of hydrogen-bond acceptors (Lipinski definition) is 6. The minimum absolute atomic E-state index is 0.160. The molecule has 1 aliphatic heterocycles. The molecular weight excluding hydrogens is 368 g/mol. The Morgan fingerprint density at radius 2 is 1.68 bits per heavy atom. The molecule has 1 aromatic rings. The molecule has 1 aliphatic rings. The second kappa shape index (κ2) is 5.42. The van der Waals surface area contributed by atoms with Gasteiger partial charge in [0.05, 0.1) is 16.2 Å². The number of halogens is 6. The lowest BCUT2D eigenvalue weighted by molar-refractivity contribution is -0.391. The van der Waals surface area contributed by atoms with Crippen molar-refractivity contribution in [3.63, 3.8) is 0 Å². The lowest BCUT2D eigenvalue weighted by Gasteiger charge is -2.22. The van der Waals surface area contributed by atoms with Gasteiger partial charge in [-0.15, -0.1) is 0 Å². The molecule has 0 aliphatic carbocycles. The highest BCUT2D eigenvalue weighted by Crippen LogP contribution is 2.48. The number of carbonyl (C=O) groups is 2. The van der Waals surface area contributed by atoms with Crippen LogP contribution in [0.4, 0.5) is 37.7 Å². The molecule has 0 radical (unpaired) electrons. The molecule has 0 spiro atoms. The number of Topliss-reactive ketones (excluding diaryl/α,β-unsaturated/α-hetero) is 1. The van der Waals surface area contributed by atoms with Crippen LogP contribution in [0.25, 0.3) is 0 Å². The van der Waals surface area contributed by atoms with Crippen LogP contribution in [0.5, 0.6) is 0 Å². The summed E-state index contributed by atoms with van der Waals surface area (Å²) < 4.78 is 78.5. The number of benzene rings is 1. The normalized spacial score (nSPS) is 16.6. The van der Waals surface area contributed by atoms with Gasteiger partial charge in [0.15, 0.2) is 0 Å². The smallest absolute Gasteiger partial charge is 0.410 e. The zero-order chi connectivity index (χ0) is 19.3. The topological polar surface area (TPSA) is 122 Å². The van der Waals surface area contributed by atoms with Crippen molar-refractivity contribution in [3.05, 3.63) is 32.9 Å². The number of fused-ring (bicyclic) bond motifs is 1. The molecule has 134 valence electrons. The standard InChI is InChI=1S/C11H3F6N3O5/c12-10(13,14)2-1-3-4(8(21)6(19-23)9(22)18-3)5(11(15,16)17)7(2)20(24)25/h1,23H,(H,18,22)/b19-6-. The summed E-state index contributed by atoms with van der Waals surface area (Å²) in [5.74, 6) is -3.49. The first-order chi connectivity index (χ1) is 11.3. The first kappa shape index (κ1) is 18.2. The molecule has 1 amide bonds. The van der Waals surface area contributed by atoms with Gasteiger partial charge in [0.2, 0.25) is 11.5 Å². The third kappa shape index (κ3) is 2.85. The Kier molecular flexibility index (Phi) is 3.94. The average Bonchev–Trinajstić information content (AvgIpc) is 2.43. The molecule has 2 N–H and O–H groups in total. The third-order valence-corrected chi connectivity index (χ3v) is 3.08. The van der Waals surface area contributed by atoms with Crippen molar-refractivity contribution >= 4 is 28.8 Å². The summed E-state index contributed by atoms with van der Waals surface area (Å²) in [5, 5.41) is 23.1. The van der Waals surface area contributed by atoms with E-state index in [0.29, 0.717) is 0 Å². The molecule has 1 aromatic carbocycles. The van der Waals surface area contributed by atoms with Gasteiger partial charge < -0.3 is 10.5 Å². The van der Waals surface area contributed by atoms with Crippen LogP contribution in [-0.2, 0) is 17.1 Å². The van der Waals surface area contributed by atoms with Crippen LogP contribution >= 0.6 is 0 Å². The van der Waals surface area contributed by atoms with E-state index in [1.54, 1.807) is 0 Å². The van der Waals surface area contributed by atoms with Gasteiger partial charge in [-0.1, -0.05) is 5.16 Å². The lowest BCUT2D eigenvalue weighted by atomic mass is 9.90. The number of nitro groups is 1. The summed E-state index contributed by atoms with van der Waals surface area (Å²) in [4.78, 5) is 32.3. The van der Waals surface area contributed by atoms with Gasteiger partial charge >= 0.3 is 12.4 Å². The van der Waals surface area contributed by atoms with Crippen LogP contribution in [0.3, 0.4) is 0 Å². The predicted molar refractivity (Wildman–Crippen MR) is 65.3 cm³/mol. The van der Waals surface area contributed by atoms with Gasteiger partial charge in [-0.2, -0.15) is 26.3 Å². The van der Waals surface area contributed by atoms with E-state index in [2.05, 4.69) is 5.16 Å². The summed E-state index contributed by atoms with van der Waals surface area (Å²) in [7, 11) is 0. The largest absolute Gasteiger partial charge is 0.423 e. The molecule has 0 bridgehead atoms. The van der Waals surface area contributed by atoms with Crippen molar-refractivity contribution in [2.45, 2.75) is 12.4 Å². The number of carbonyl (C=O) groups excluding carboxylic acids is 2. The first-order valence-electron chi connectivity index (χ1n) is 5.88. The maximum Gasteiger partial charge on any atom is 0.423 e. The number of anilines is 1. The molecule has 0 aromatic heterocycles. The number of nitro benzene ring substituents is 1. The minimum atomic E-state index is -5.76. The van der Waals surface area contributed by atoms with E-state index in [-0.39, 0.29) is 6.07 Å². The Morgan fingerprint density at radius 3 is 2.08 bits per heavy atom. The summed E-state index contributed by atoms with van der Waals surface area (Å²) in [6.45, 7) is 0. The SMILES string of the molecule is O=C1Nc2cc(C(F)(F)F)c([N+](=O)[O-])c(C(F)(F)F)c2C(=O)/C1=N/O. The first-order valence-corrected chi connectivity index (χ1v) is 5.88. The fourth-order valence-corrected chi connectivity index (χ4v) is 2.18. The number of amides is 1. The molecule has 1 heterocycles. The van der Waals surface area contributed by atoms with E-state index in [0.717, 1.165) is 0 Å². The van der Waals surface area contributed by atoms with Crippen LogP contribution < -0.4 is 5.32 Å². The van der Waals surface area contributed by atoms with Crippen LogP contribution in [-0.4, -0.2) is 27.5 Å². The molecule has 0 fully saturated rings. The Balaban J connectivity index is 3.06. The molecule has 0 atom stereocenters. The monoisotopic (exact) mass is 371 g/mol. The molecule has 0 saturated carbocycles. The van der Waals surface area contributed by atoms with E-state index in [4.69, 9.17) is 5.21 Å². The molecule has 0 saturated heterocycles. The summed E-state index contributed by atoms with van der Waals surface area (Å²) in [6, 6.07) is -0.160. The average molecular weight is 371 g/mol. The van der Waals surface area contributed by atoms with Crippen LogP contribution in [0.2, 0.25) is 0 Å². The summed E-state index contributed by atoms with van der Waals surface area (Å²) >= 11 is 0. The van der Waals surface area contributed by atoms with E-state index >= 15 is 0 Å². The highest BCUT2D eigenvalue weighted by atomic mass is 19.4. The molecular formula is C11H3F6N3O5. The van der Waals surface area contributed by atoms with E-state index in [1.807, 2.05) is 0 Å². The fourth-order valence-electron chi connectivity index (χ4n) is 2.18. The fraction of sp³-hybridized carbons (Fsp3) is 0.182. The van der Waals surface area contributed by atoms with Crippen molar-refractivity contribution in [2.24, 2.45) is 5.16 Å². The second-order valence-corrected chi connectivity index (χ2v) is 4.55.